The first-order valence-corrected chi connectivity index (χ1v) is 8.34. The van der Waals surface area contributed by atoms with E-state index in [1.54, 1.807) is 12.1 Å². The summed E-state index contributed by atoms with van der Waals surface area (Å²) in [6.45, 7) is 1.26. The Morgan fingerprint density at radius 2 is 1.84 bits per heavy atom. The first-order valence-electron chi connectivity index (χ1n) is 7.93. The second-order valence-electron chi connectivity index (χ2n) is 5.85. The van der Waals surface area contributed by atoms with Crippen molar-refractivity contribution in [3.63, 3.8) is 0 Å². The Morgan fingerprint density at radius 3 is 2.56 bits per heavy atom. The number of hydrogen-bond acceptors (Lipinski definition) is 3. The zero-order chi connectivity index (χ0) is 17.6. The van der Waals surface area contributed by atoms with Gasteiger partial charge in [-0.1, -0.05) is 48.5 Å². The summed E-state index contributed by atoms with van der Waals surface area (Å²) in [6, 6.07) is 16.5. The Kier molecular flexibility index (Phi) is 5.53. The van der Waals surface area contributed by atoms with Crippen LogP contribution in [0.4, 0.5) is 4.39 Å². The summed E-state index contributed by atoms with van der Waals surface area (Å²) in [4.78, 5) is 6.43. The van der Waals surface area contributed by atoms with E-state index in [4.69, 9.17) is 12.2 Å². The maximum atomic E-state index is 13.0. The zero-order valence-electron chi connectivity index (χ0n) is 13.9. The van der Waals surface area contributed by atoms with E-state index in [1.807, 2.05) is 54.2 Å². The highest BCUT2D eigenvalue weighted by atomic mass is 32.1. The molecule has 0 amide bonds. The van der Waals surface area contributed by atoms with Crippen LogP contribution in [0.15, 0.2) is 54.6 Å². The fourth-order valence-electron chi connectivity index (χ4n) is 2.48. The standard InChI is InChI=1S/C19H19FN4S/c1-23(13-16-7-10-17(20)11-8-16)14-24-19(25)21-18(22-24)12-9-15-5-3-2-4-6-15/h2-12H,13-14H2,1H3,(H,21,22,25)/b12-9+. The molecule has 0 bridgehead atoms. The Hall–Kier alpha value is -2.57. The summed E-state index contributed by atoms with van der Waals surface area (Å²) < 4.78 is 15.3. The Labute approximate surface area is 151 Å². The Balaban J connectivity index is 1.65. The Bertz CT molecular complexity index is 897. The van der Waals surface area contributed by atoms with Gasteiger partial charge in [-0.15, -0.1) is 0 Å². The first kappa shape index (κ1) is 17.3. The molecule has 1 N–H and O–H groups in total. The van der Waals surface area contributed by atoms with Crippen LogP contribution in [0.2, 0.25) is 0 Å². The van der Waals surface area contributed by atoms with Crippen molar-refractivity contribution in [1.29, 1.82) is 0 Å². The molecular weight excluding hydrogens is 335 g/mol. The number of benzene rings is 2. The number of nitrogens with one attached hydrogen (secondary N) is 1. The molecule has 0 aliphatic carbocycles. The van der Waals surface area contributed by atoms with Crippen LogP contribution < -0.4 is 0 Å². The maximum Gasteiger partial charge on any atom is 0.217 e. The van der Waals surface area contributed by atoms with Gasteiger partial charge in [0.2, 0.25) is 4.77 Å². The fourth-order valence-corrected chi connectivity index (χ4v) is 2.68. The number of aromatic nitrogens is 3. The minimum atomic E-state index is -0.225. The lowest BCUT2D eigenvalue weighted by Crippen LogP contribution is -2.22. The normalized spacial score (nSPS) is 11.5. The lowest BCUT2D eigenvalue weighted by Gasteiger charge is -2.16. The van der Waals surface area contributed by atoms with E-state index in [0.717, 1.165) is 11.1 Å². The summed E-state index contributed by atoms with van der Waals surface area (Å²) >= 11 is 5.31. The van der Waals surface area contributed by atoms with Crippen molar-refractivity contribution in [3.05, 3.63) is 82.1 Å². The molecule has 128 valence electrons. The lowest BCUT2D eigenvalue weighted by atomic mass is 10.2. The molecule has 1 heterocycles. The van der Waals surface area contributed by atoms with Gasteiger partial charge in [0.05, 0.1) is 6.67 Å². The fraction of sp³-hybridized carbons (Fsp3) is 0.158. The number of nitrogens with zero attached hydrogens (tertiary/aromatic N) is 3. The third-order valence-electron chi connectivity index (χ3n) is 3.68. The third kappa shape index (κ3) is 4.95. The summed E-state index contributed by atoms with van der Waals surface area (Å²) in [6.07, 6.45) is 3.89. The molecule has 0 fully saturated rings. The van der Waals surface area contributed by atoms with Crippen molar-refractivity contribution in [1.82, 2.24) is 19.7 Å². The van der Waals surface area contributed by atoms with Crippen molar-refractivity contribution < 1.29 is 4.39 Å². The molecule has 3 aromatic rings. The molecule has 0 saturated carbocycles. The van der Waals surface area contributed by atoms with Crippen LogP contribution in [0.1, 0.15) is 17.0 Å². The zero-order valence-corrected chi connectivity index (χ0v) is 14.7. The van der Waals surface area contributed by atoms with Crippen LogP contribution in [0.3, 0.4) is 0 Å². The molecule has 25 heavy (non-hydrogen) atoms. The quantitative estimate of drug-likeness (QED) is 0.669. The van der Waals surface area contributed by atoms with Gasteiger partial charge in [-0.25, -0.2) is 9.07 Å². The monoisotopic (exact) mass is 354 g/mol. The molecule has 3 rings (SSSR count). The number of H-pyrrole nitrogens is 1. The van der Waals surface area contributed by atoms with E-state index in [2.05, 4.69) is 15.0 Å². The molecule has 0 unspecified atom stereocenters. The van der Waals surface area contributed by atoms with Crippen LogP contribution in [-0.4, -0.2) is 26.7 Å². The molecule has 2 aromatic carbocycles. The van der Waals surface area contributed by atoms with E-state index in [0.29, 0.717) is 23.8 Å². The number of hydrogen-bond donors (Lipinski definition) is 1. The van der Waals surface area contributed by atoms with Crippen molar-refractivity contribution in [3.8, 4) is 0 Å². The van der Waals surface area contributed by atoms with Crippen LogP contribution in [-0.2, 0) is 13.2 Å². The smallest absolute Gasteiger partial charge is 0.217 e. The minimum absolute atomic E-state index is 0.225. The van der Waals surface area contributed by atoms with E-state index in [9.17, 15) is 4.39 Å². The largest absolute Gasteiger partial charge is 0.283 e. The number of rotatable bonds is 6. The molecule has 1 aromatic heterocycles. The third-order valence-corrected chi connectivity index (χ3v) is 3.99. The van der Waals surface area contributed by atoms with Gasteiger partial charge in [-0.05, 0) is 48.6 Å². The van der Waals surface area contributed by atoms with Gasteiger partial charge in [-0.2, -0.15) is 4.98 Å². The van der Waals surface area contributed by atoms with Gasteiger partial charge in [0.25, 0.3) is 0 Å². The summed E-state index contributed by atoms with van der Waals surface area (Å²) in [7, 11) is 1.98. The molecule has 0 aliphatic heterocycles. The van der Waals surface area contributed by atoms with E-state index >= 15 is 0 Å². The number of aromatic amines is 1. The molecule has 0 aliphatic rings. The van der Waals surface area contributed by atoms with Crippen molar-refractivity contribution in [2.75, 3.05) is 7.05 Å². The van der Waals surface area contributed by atoms with Gasteiger partial charge >= 0.3 is 0 Å². The average Bonchev–Trinajstić information content (AvgIpc) is 2.96. The molecular formula is C19H19FN4S. The molecule has 4 nitrogen and oxygen atoms in total. The second-order valence-corrected chi connectivity index (χ2v) is 6.21. The molecule has 0 atom stereocenters. The summed E-state index contributed by atoms with van der Waals surface area (Å²) in [5, 5.41) is 3.19. The van der Waals surface area contributed by atoms with Crippen LogP contribution in [0.25, 0.3) is 12.2 Å². The van der Waals surface area contributed by atoms with Crippen molar-refractivity contribution >= 4 is 24.4 Å². The van der Waals surface area contributed by atoms with Gasteiger partial charge in [0.15, 0.2) is 0 Å². The van der Waals surface area contributed by atoms with Crippen LogP contribution in [0, 0.1) is 10.6 Å². The Morgan fingerprint density at radius 1 is 1.12 bits per heavy atom. The van der Waals surface area contributed by atoms with Gasteiger partial charge in [0.1, 0.15) is 11.6 Å². The van der Waals surface area contributed by atoms with E-state index in [-0.39, 0.29) is 5.82 Å². The SMILES string of the molecule is CN(Cc1ccc(F)cc1)Cn1[nH]c(/C=C/c2ccccc2)nc1=S. The van der Waals surface area contributed by atoms with E-state index < -0.39 is 0 Å². The van der Waals surface area contributed by atoms with Crippen molar-refractivity contribution in [2.24, 2.45) is 0 Å². The highest BCUT2D eigenvalue weighted by Crippen LogP contribution is 2.08. The lowest BCUT2D eigenvalue weighted by molar-refractivity contribution is 0.244. The summed E-state index contributed by atoms with van der Waals surface area (Å²) in [5.41, 5.74) is 2.14. The minimum Gasteiger partial charge on any atom is -0.283 e. The molecule has 0 spiro atoms. The van der Waals surface area contributed by atoms with Crippen LogP contribution >= 0.6 is 12.2 Å². The van der Waals surface area contributed by atoms with Gasteiger partial charge in [0, 0.05) is 6.54 Å². The predicted octanol–water partition coefficient (Wildman–Crippen LogP) is 4.34. The average molecular weight is 354 g/mol. The number of halogens is 1. The maximum absolute atomic E-state index is 13.0. The van der Waals surface area contributed by atoms with Crippen molar-refractivity contribution in [2.45, 2.75) is 13.2 Å². The second kappa shape index (κ2) is 8.00. The molecule has 0 saturated heterocycles. The van der Waals surface area contributed by atoms with E-state index in [1.165, 1.54) is 12.1 Å². The summed E-state index contributed by atoms with van der Waals surface area (Å²) in [5.74, 6) is 0.487. The van der Waals surface area contributed by atoms with Gasteiger partial charge in [-0.3, -0.25) is 10.00 Å². The highest BCUT2D eigenvalue weighted by molar-refractivity contribution is 7.71. The predicted molar refractivity (Wildman–Crippen MR) is 101 cm³/mol. The first-order chi connectivity index (χ1) is 12.1. The molecule has 6 heteroatoms. The topological polar surface area (TPSA) is 36.9 Å². The highest BCUT2D eigenvalue weighted by Gasteiger charge is 2.05. The molecule has 0 radical (unpaired) electrons. The van der Waals surface area contributed by atoms with Crippen LogP contribution in [0.5, 0.6) is 0 Å². The van der Waals surface area contributed by atoms with Gasteiger partial charge < -0.3 is 0 Å².